The number of ether oxygens (including phenoxy) is 2. The van der Waals surface area contributed by atoms with E-state index in [4.69, 9.17) is 9.47 Å². The number of hydrogen-bond acceptors (Lipinski definition) is 7. The Hall–Kier alpha value is -2.97. The first-order valence-corrected chi connectivity index (χ1v) is 9.68. The lowest BCUT2D eigenvalue weighted by atomic mass is 9.95. The highest BCUT2D eigenvalue weighted by molar-refractivity contribution is 5.51. The van der Waals surface area contributed by atoms with Crippen molar-refractivity contribution in [2.45, 2.75) is 25.5 Å². The number of methoxy groups -OCH3 is 2. The maximum absolute atomic E-state index is 10.7. The fraction of sp³-hybridized carbons (Fsp3) is 0.381. The van der Waals surface area contributed by atoms with Gasteiger partial charge in [0.2, 0.25) is 0 Å². The number of β-amino-alcohol motifs (C(OH)–C–C–N with tert-alkyl or cyclic N) is 1. The van der Waals surface area contributed by atoms with Gasteiger partial charge in [-0.05, 0) is 47.7 Å². The summed E-state index contributed by atoms with van der Waals surface area (Å²) in [5.41, 5.74) is 2.77. The molecule has 0 spiro atoms. The van der Waals surface area contributed by atoms with E-state index in [9.17, 15) is 5.11 Å². The lowest BCUT2D eigenvalue weighted by Crippen LogP contribution is -2.35. The molecule has 29 heavy (non-hydrogen) atoms. The predicted octanol–water partition coefficient (Wildman–Crippen LogP) is 2.16. The van der Waals surface area contributed by atoms with Gasteiger partial charge in [0, 0.05) is 30.6 Å². The van der Waals surface area contributed by atoms with Crippen LogP contribution in [0.5, 0.6) is 11.5 Å². The van der Waals surface area contributed by atoms with E-state index in [1.807, 2.05) is 42.5 Å². The van der Waals surface area contributed by atoms with Crippen LogP contribution < -0.4 is 9.47 Å². The molecule has 0 radical (unpaired) electrons. The van der Waals surface area contributed by atoms with Crippen LogP contribution in [-0.4, -0.2) is 57.5 Å². The van der Waals surface area contributed by atoms with Crippen LogP contribution >= 0.6 is 0 Å². The van der Waals surface area contributed by atoms with E-state index in [0.717, 1.165) is 47.8 Å². The Labute approximate surface area is 169 Å². The van der Waals surface area contributed by atoms with Crippen molar-refractivity contribution in [2.75, 3.05) is 27.3 Å². The van der Waals surface area contributed by atoms with Gasteiger partial charge in [-0.15, -0.1) is 5.10 Å². The molecule has 8 nitrogen and oxygen atoms in total. The Morgan fingerprint density at radius 2 is 1.83 bits per heavy atom. The molecule has 152 valence electrons. The van der Waals surface area contributed by atoms with Crippen molar-refractivity contribution < 1.29 is 14.6 Å². The minimum Gasteiger partial charge on any atom is -0.496 e. The number of para-hydroxylation sites is 1. The van der Waals surface area contributed by atoms with Crippen molar-refractivity contribution in [3.8, 4) is 17.2 Å². The summed E-state index contributed by atoms with van der Waals surface area (Å²) in [7, 11) is 3.27. The van der Waals surface area contributed by atoms with E-state index in [2.05, 4.69) is 20.4 Å². The molecule has 1 atom stereocenters. The van der Waals surface area contributed by atoms with Crippen molar-refractivity contribution in [3.05, 3.63) is 59.4 Å². The maximum atomic E-state index is 10.7. The largest absolute Gasteiger partial charge is 0.496 e. The van der Waals surface area contributed by atoms with Crippen molar-refractivity contribution >= 4 is 0 Å². The zero-order chi connectivity index (χ0) is 20.2. The highest BCUT2D eigenvalue weighted by Gasteiger charge is 2.29. The summed E-state index contributed by atoms with van der Waals surface area (Å²) in [6.07, 6.45) is 1.01. The summed E-state index contributed by atoms with van der Waals surface area (Å²) < 4.78 is 12.7. The first-order valence-electron chi connectivity index (χ1n) is 9.68. The first kappa shape index (κ1) is 19.4. The number of fused-ring (bicyclic) bond motifs is 1. The van der Waals surface area contributed by atoms with E-state index in [1.165, 1.54) is 0 Å². The van der Waals surface area contributed by atoms with Gasteiger partial charge in [-0.2, -0.15) is 4.68 Å². The molecule has 2 aromatic carbocycles. The average Bonchev–Trinajstić information content (AvgIpc) is 3.22. The maximum Gasteiger partial charge on any atom is 0.156 e. The molecule has 8 heteroatoms. The van der Waals surface area contributed by atoms with Crippen molar-refractivity contribution in [2.24, 2.45) is 0 Å². The van der Waals surface area contributed by atoms with Crippen LogP contribution in [0, 0.1) is 0 Å². The van der Waals surface area contributed by atoms with Crippen LogP contribution in [0.3, 0.4) is 0 Å². The summed E-state index contributed by atoms with van der Waals surface area (Å²) in [4.78, 5) is 2.23. The van der Waals surface area contributed by atoms with Crippen LogP contribution in [0.15, 0.2) is 42.5 Å². The van der Waals surface area contributed by atoms with Crippen LogP contribution in [0.2, 0.25) is 0 Å². The van der Waals surface area contributed by atoms with E-state index in [-0.39, 0.29) is 0 Å². The summed E-state index contributed by atoms with van der Waals surface area (Å²) in [6.45, 7) is 2.08. The van der Waals surface area contributed by atoms with Gasteiger partial charge in [-0.25, -0.2) is 0 Å². The molecule has 1 aliphatic heterocycles. The molecule has 0 amide bonds. The standard InChI is InChI=1S/C21H25N5O3/c1-28-18-10-11-19(29-2)21-16(18)13-25(14-17(21)27)12-6-9-20-22-23-24-26(20)15-7-4-3-5-8-15/h3-5,7-8,10-11,17,27H,6,9,12-14H2,1-2H3. The molecular formula is C21H25N5O3. The van der Waals surface area contributed by atoms with Gasteiger partial charge >= 0.3 is 0 Å². The third kappa shape index (κ3) is 3.94. The number of nitrogens with zero attached hydrogens (tertiary/aromatic N) is 5. The zero-order valence-corrected chi connectivity index (χ0v) is 16.7. The molecular weight excluding hydrogens is 370 g/mol. The van der Waals surface area contributed by atoms with Crippen molar-refractivity contribution in [1.29, 1.82) is 0 Å². The fourth-order valence-electron chi connectivity index (χ4n) is 3.91. The van der Waals surface area contributed by atoms with E-state index < -0.39 is 6.10 Å². The Morgan fingerprint density at radius 1 is 1.07 bits per heavy atom. The molecule has 0 bridgehead atoms. The van der Waals surface area contributed by atoms with E-state index >= 15 is 0 Å². The fourth-order valence-corrected chi connectivity index (χ4v) is 3.91. The van der Waals surface area contributed by atoms with Crippen molar-refractivity contribution in [1.82, 2.24) is 25.1 Å². The van der Waals surface area contributed by atoms with E-state index in [0.29, 0.717) is 18.8 Å². The predicted molar refractivity (Wildman–Crippen MR) is 107 cm³/mol. The third-order valence-corrected chi connectivity index (χ3v) is 5.27. The molecule has 0 saturated heterocycles. The molecule has 0 saturated carbocycles. The molecule has 1 N–H and O–H groups in total. The SMILES string of the molecule is COc1ccc(OC)c2c1CN(CCCc1nnnn1-c1ccccc1)CC2O. The Kier molecular flexibility index (Phi) is 5.73. The Balaban J connectivity index is 1.44. The number of aromatic nitrogens is 4. The summed E-state index contributed by atoms with van der Waals surface area (Å²) in [5.74, 6) is 2.31. The summed E-state index contributed by atoms with van der Waals surface area (Å²) in [6, 6.07) is 13.6. The lowest BCUT2D eigenvalue weighted by molar-refractivity contribution is 0.0877. The van der Waals surface area contributed by atoms with E-state index in [1.54, 1.807) is 18.9 Å². The number of aliphatic hydroxyl groups is 1. The van der Waals surface area contributed by atoms with Gasteiger partial charge in [-0.3, -0.25) is 4.90 Å². The normalized spacial score (nSPS) is 16.4. The monoisotopic (exact) mass is 395 g/mol. The smallest absolute Gasteiger partial charge is 0.156 e. The number of aryl methyl sites for hydroxylation is 1. The minimum atomic E-state index is -0.613. The zero-order valence-electron chi connectivity index (χ0n) is 16.7. The second-order valence-electron chi connectivity index (χ2n) is 7.06. The lowest BCUT2D eigenvalue weighted by Gasteiger charge is -2.33. The molecule has 4 rings (SSSR count). The second-order valence-corrected chi connectivity index (χ2v) is 7.06. The number of tetrazole rings is 1. The number of rotatable bonds is 7. The first-order chi connectivity index (χ1) is 14.2. The Morgan fingerprint density at radius 3 is 2.59 bits per heavy atom. The highest BCUT2D eigenvalue weighted by atomic mass is 16.5. The number of hydrogen-bond donors (Lipinski definition) is 1. The van der Waals surface area contributed by atoms with Crippen molar-refractivity contribution in [3.63, 3.8) is 0 Å². The van der Waals surface area contributed by atoms with Gasteiger partial charge in [0.25, 0.3) is 0 Å². The van der Waals surface area contributed by atoms with Gasteiger partial charge < -0.3 is 14.6 Å². The highest BCUT2D eigenvalue weighted by Crippen LogP contribution is 2.39. The number of aliphatic hydroxyl groups excluding tert-OH is 1. The molecule has 1 unspecified atom stereocenters. The molecule has 0 fully saturated rings. The average molecular weight is 395 g/mol. The summed E-state index contributed by atoms with van der Waals surface area (Å²) in [5, 5.41) is 22.8. The van der Waals surface area contributed by atoms with Gasteiger partial charge in [0.1, 0.15) is 11.5 Å². The molecule has 3 aromatic rings. The van der Waals surface area contributed by atoms with Crippen LogP contribution in [-0.2, 0) is 13.0 Å². The van der Waals surface area contributed by atoms with Crippen LogP contribution in [0.25, 0.3) is 5.69 Å². The Bertz CT molecular complexity index is 960. The molecule has 0 aliphatic carbocycles. The quantitative estimate of drug-likeness (QED) is 0.656. The third-order valence-electron chi connectivity index (χ3n) is 5.27. The van der Waals surface area contributed by atoms with Crippen LogP contribution in [0.1, 0.15) is 29.5 Å². The second kappa shape index (κ2) is 8.59. The molecule has 1 aromatic heterocycles. The molecule has 2 heterocycles. The van der Waals surface area contributed by atoms with Gasteiger partial charge in [0.15, 0.2) is 5.82 Å². The number of benzene rings is 2. The van der Waals surface area contributed by atoms with Gasteiger partial charge in [-0.1, -0.05) is 18.2 Å². The van der Waals surface area contributed by atoms with Crippen LogP contribution in [0.4, 0.5) is 0 Å². The van der Waals surface area contributed by atoms with Gasteiger partial charge in [0.05, 0.1) is 26.0 Å². The topological polar surface area (TPSA) is 85.5 Å². The summed E-state index contributed by atoms with van der Waals surface area (Å²) >= 11 is 0. The minimum absolute atomic E-state index is 0.556. The molecule has 1 aliphatic rings.